The van der Waals surface area contributed by atoms with Gasteiger partial charge in [-0.3, -0.25) is 4.90 Å². The lowest BCUT2D eigenvalue weighted by atomic mass is 10.2. The highest BCUT2D eigenvalue weighted by Crippen LogP contribution is 2.35. The molecule has 2 aliphatic rings. The van der Waals surface area contributed by atoms with Crippen LogP contribution in [0.5, 0.6) is 11.5 Å². The van der Waals surface area contributed by atoms with Crippen molar-refractivity contribution >= 4 is 0 Å². The Hall–Kier alpha value is -2.12. The van der Waals surface area contributed by atoms with Crippen molar-refractivity contribution in [2.24, 2.45) is 0 Å². The first kappa shape index (κ1) is 15.4. The lowest BCUT2D eigenvalue weighted by Gasteiger charge is -2.18. The Morgan fingerprint density at radius 3 is 2.79 bits per heavy atom. The lowest BCUT2D eigenvalue weighted by molar-refractivity contribution is 0.174. The summed E-state index contributed by atoms with van der Waals surface area (Å²) >= 11 is 0. The number of fused-ring (bicyclic) bond motifs is 1. The molecule has 7 heteroatoms. The molecule has 0 spiro atoms. The van der Waals surface area contributed by atoms with Crippen LogP contribution in [0.15, 0.2) is 22.7 Å². The molecule has 128 valence electrons. The smallest absolute Gasteiger partial charge is 0.241 e. The van der Waals surface area contributed by atoms with E-state index in [2.05, 4.69) is 26.9 Å². The van der Waals surface area contributed by atoms with Gasteiger partial charge in [0.2, 0.25) is 18.5 Å². The molecule has 0 unspecified atom stereocenters. The first-order chi connectivity index (χ1) is 11.8. The summed E-state index contributed by atoms with van der Waals surface area (Å²) in [5.41, 5.74) is 0.877. The number of aromatic nitrogens is 2. The maximum Gasteiger partial charge on any atom is 0.241 e. The molecule has 0 radical (unpaired) electrons. The van der Waals surface area contributed by atoms with Crippen LogP contribution in [0, 0.1) is 0 Å². The predicted octanol–water partition coefficient (Wildman–Crippen LogP) is 1.99. The standard InChI is InChI=1S/C17H22N4O3/c1-2-20-6-3-7-21(9-8-20)11-16-18-17(19-24-16)13-4-5-14-15(10-13)23-12-22-14/h4-5,10H,2-3,6-9,11-12H2,1H3. The first-order valence-corrected chi connectivity index (χ1v) is 8.49. The van der Waals surface area contributed by atoms with Crippen LogP contribution in [0.4, 0.5) is 0 Å². The predicted molar refractivity (Wildman–Crippen MR) is 87.9 cm³/mol. The Labute approximate surface area is 141 Å². The Bertz CT molecular complexity index is 703. The number of hydrogen-bond acceptors (Lipinski definition) is 7. The molecule has 0 bridgehead atoms. The molecular formula is C17H22N4O3. The fourth-order valence-corrected chi connectivity index (χ4v) is 3.16. The van der Waals surface area contributed by atoms with Gasteiger partial charge in [-0.05, 0) is 44.3 Å². The number of ether oxygens (including phenoxy) is 2. The number of nitrogens with zero attached hydrogens (tertiary/aromatic N) is 4. The average molecular weight is 330 g/mol. The van der Waals surface area contributed by atoms with E-state index < -0.39 is 0 Å². The van der Waals surface area contributed by atoms with Gasteiger partial charge in [0, 0.05) is 18.7 Å². The third-order valence-corrected chi connectivity index (χ3v) is 4.59. The lowest BCUT2D eigenvalue weighted by Crippen LogP contribution is -2.30. The summed E-state index contributed by atoms with van der Waals surface area (Å²) in [6.07, 6.45) is 1.18. The van der Waals surface area contributed by atoms with Crippen LogP contribution in [0.3, 0.4) is 0 Å². The normalized spacial score (nSPS) is 18.7. The molecule has 0 atom stereocenters. The Kier molecular flexibility index (Phi) is 4.36. The largest absolute Gasteiger partial charge is 0.454 e. The molecule has 0 amide bonds. The SMILES string of the molecule is CCN1CCCN(Cc2nc(-c3ccc4c(c3)OCO4)no2)CC1. The molecule has 0 saturated carbocycles. The van der Waals surface area contributed by atoms with E-state index in [-0.39, 0.29) is 6.79 Å². The maximum atomic E-state index is 5.45. The topological polar surface area (TPSA) is 63.9 Å². The molecule has 1 aromatic heterocycles. The number of benzene rings is 1. The van der Waals surface area contributed by atoms with Gasteiger partial charge in [0.15, 0.2) is 11.5 Å². The second-order valence-electron chi connectivity index (χ2n) is 6.14. The van der Waals surface area contributed by atoms with E-state index in [0.717, 1.165) is 43.2 Å². The van der Waals surface area contributed by atoms with Crippen molar-refractivity contribution in [1.82, 2.24) is 19.9 Å². The molecule has 4 rings (SSSR count). The molecule has 1 fully saturated rings. The van der Waals surface area contributed by atoms with E-state index in [9.17, 15) is 0 Å². The second kappa shape index (κ2) is 6.78. The van der Waals surface area contributed by atoms with E-state index in [0.29, 0.717) is 18.3 Å². The minimum atomic E-state index is 0.264. The van der Waals surface area contributed by atoms with Crippen molar-refractivity contribution in [1.29, 1.82) is 0 Å². The van der Waals surface area contributed by atoms with Crippen LogP contribution < -0.4 is 9.47 Å². The molecule has 3 heterocycles. The van der Waals surface area contributed by atoms with Crippen molar-refractivity contribution in [3.8, 4) is 22.9 Å². The number of rotatable bonds is 4. The van der Waals surface area contributed by atoms with Gasteiger partial charge in [-0.25, -0.2) is 0 Å². The zero-order valence-electron chi connectivity index (χ0n) is 13.9. The number of hydrogen-bond donors (Lipinski definition) is 0. The van der Waals surface area contributed by atoms with Crippen molar-refractivity contribution in [3.05, 3.63) is 24.1 Å². The van der Waals surface area contributed by atoms with Gasteiger partial charge in [0.1, 0.15) is 0 Å². The molecule has 24 heavy (non-hydrogen) atoms. The van der Waals surface area contributed by atoms with Crippen LogP contribution in [0.25, 0.3) is 11.4 Å². The van der Waals surface area contributed by atoms with Gasteiger partial charge >= 0.3 is 0 Å². The van der Waals surface area contributed by atoms with E-state index >= 15 is 0 Å². The van der Waals surface area contributed by atoms with Crippen LogP contribution in [0.1, 0.15) is 19.2 Å². The molecule has 2 aliphatic heterocycles. The summed E-state index contributed by atoms with van der Waals surface area (Å²) in [6, 6.07) is 5.69. The van der Waals surface area contributed by atoms with E-state index in [1.165, 1.54) is 13.0 Å². The maximum absolute atomic E-state index is 5.45. The van der Waals surface area contributed by atoms with E-state index in [1.54, 1.807) is 0 Å². The molecule has 1 saturated heterocycles. The van der Waals surface area contributed by atoms with Gasteiger partial charge in [0.05, 0.1) is 6.54 Å². The van der Waals surface area contributed by atoms with E-state index in [4.69, 9.17) is 14.0 Å². The van der Waals surface area contributed by atoms with Crippen LogP contribution in [-0.4, -0.2) is 59.5 Å². The van der Waals surface area contributed by atoms with Gasteiger partial charge in [-0.1, -0.05) is 12.1 Å². The molecule has 1 aromatic carbocycles. The zero-order valence-corrected chi connectivity index (χ0v) is 13.9. The van der Waals surface area contributed by atoms with Crippen LogP contribution >= 0.6 is 0 Å². The highest BCUT2D eigenvalue weighted by atomic mass is 16.7. The van der Waals surface area contributed by atoms with Crippen molar-refractivity contribution < 1.29 is 14.0 Å². The summed E-state index contributed by atoms with van der Waals surface area (Å²) in [5.74, 6) is 2.74. The molecule has 7 nitrogen and oxygen atoms in total. The second-order valence-corrected chi connectivity index (χ2v) is 6.14. The Morgan fingerprint density at radius 2 is 1.88 bits per heavy atom. The molecule has 2 aromatic rings. The van der Waals surface area contributed by atoms with Crippen LogP contribution in [0.2, 0.25) is 0 Å². The summed E-state index contributed by atoms with van der Waals surface area (Å²) in [7, 11) is 0. The fraction of sp³-hybridized carbons (Fsp3) is 0.529. The highest BCUT2D eigenvalue weighted by molar-refractivity contribution is 5.61. The minimum Gasteiger partial charge on any atom is -0.454 e. The van der Waals surface area contributed by atoms with Gasteiger partial charge < -0.3 is 18.9 Å². The third-order valence-electron chi connectivity index (χ3n) is 4.59. The Morgan fingerprint density at radius 1 is 1.04 bits per heavy atom. The molecule has 0 aliphatic carbocycles. The van der Waals surface area contributed by atoms with Gasteiger partial charge in [-0.2, -0.15) is 4.98 Å². The van der Waals surface area contributed by atoms with Crippen molar-refractivity contribution in [2.45, 2.75) is 19.9 Å². The average Bonchev–Trinajstić information content (AvgIpc) is 3.20. The fourth-order valence-electron chi connectivity index (χ4n) is 3.16. The summed E-state index contributed by atoms with van der Waals surface area (Å²) < 4.78 is 16.2. The third kappa shape index (κ3) is 3.22. The highest BCUT2D eigenvalue weighted by Gasteiger charge is 2.19. The van der Waals surface area contributed by atoms with Crippen molar-refractivity contribution in [3.63, 3.8) is 0 Å². The van der Waals surface area contributed by atoms with Gasteiger partial charge in [0.25, 0.3) is 0 Å². The summed E-state index contributed by atoms with van der Waals surface area (Å²) in [6.45, 7) is 8.66. The molecular weight excluding hydrogens is 308 g/mol. The van der Waals surface area contributed by atoms with Crippen molar-refractivity contribution in [2.75, 3.05) is 39.5 Å². The summed E-state index contributed by atoms with van der Waals surface area (Å²) in [4.78, 5) is 9.40. The van der Waals surface area contributed by atoms with Gasteiger partial charge in [-0.15, -0.1) is 0 Å². The van der Waals surface area contributed by atoms with Crippen LogP contribution in [-0.2, 0) is 6.54 Å². The monoisotopic (exact) mass is 330 g/mol. The Balaban J connectivity index is 1.43. The first-order valence-electron chi connectivity index (χ1n) is 8.49. The quantitative estimate of drug-likeness (QED) is 0.849. The number of likely N-dealkylation sites (N-methyl/N-ethyl adjacent to an activating group) is 1. The summed E-state index contributed by atoms with van der Waals surface area (Å²) in [5, 5.41) is 4.11. The zero-order chi connectivity index (χ0) is 16.4. The molecule has 0 N–H and O–H groups in total. The minimum absolute atomic E-state index is 0.264. The van der Waals surface area contributed by atoms with E-state index in [1.807, 2.05) is 18.2 Å².